The van der Waals surface area contributed by atoms with Gasteiger partial charge in [-0.3, -0.25) is 14.8 Å². The minimum atomic E-state index is -1.16. The lowest BCUT2D eigenvalue weighted by Gasteiger charge is -2.27. The van der Waals surface area contributed by atoms with Gasteiger partial charge in [-0.05, 0) is 29.3 Å². The second-order valence-electron chi connectivity index (χ2n) is 9.09. The summed E-state index contributed by atoms with van der Waals surface area (Å²) in [6.45, 7) is 8.32. The summed E-state index contributed by atoms with van der Waals surface area (Å²) in [6.07, 6.45) is 1.97. The van der Waals surface area contributed by atoms with Gasteiger partial charge in [-0.2, -0.15) is 0 Å². The van der Waals surface area contributed by atoms with Crippen molar-refractivity contribution in [3.8, 4) is 11.1 Å². The zero-order chi connectivity index (χ0) is 25.8. The number of carbonyl (C=O) groups is 2. The molecule has 0 spiro atoms. The van der Waals surface area contributed by atoms with E-state index in [2.05, 4.69) is 26.9 Å². The fourth-order valence-electron chi connectivity index (χ4n) is 4.65. The van der Waals surface area contributed by atoms with Crippen molar-refractivity contribution in [2.24, 2.45) is 5.16 Å². The Balaban J connectivity index is 1.24. The molecule has 3 aliphatic heterocycles. The number of amides is 2. The van der Waals surface area contributed by atoms with Crippen LogP contribution in [0.5, 0.6) is 0 Å². The molecule has 11 nitrogen and oxygen atoms in total. The summed E-state index contributed by atoms with van der Waals surface area (Å²) < 4.78 is 10.7. The number of hydrogen-bond acceptors (Lipinski definition) is 8. The van der Waals surface area contributed by atoms with Gasteiger partial charge in [0, 0.05) is 37.8 Å². The summed E-state index contributed by atoms with van der Waals surface area (Å²) in [5.41, 5.74) is 4.86. The van der Waals surface area contributed by atoms with Crippen LogP contribution in [0.4, 0.5) is 15.3 Å². The molecule has 0 saturated carbocycles. The van der Waals surface area contributed by atoms with Crippen LogP contribution in [0.25, 0.3) is 17.2 Å². The lowest BCUT2D eigenvalue weighted by Crippen LogP contribution is -2.41. The Kier molecular flexibility index (Phi) is 7.33. The van der Waals surface area contributed by atoms with Crippen LogP contribution in [0.15, 0.2) is 48.3 Å². The Morgan fingerprint density at radius 1 is 1.19 bits per heavy atom. The van der Waals surface area contributed by atoms with Gasteiger partial charge in [-0.1, -0.05) is 29.9 Å². The van der Waals surface area contributed by atoms with Crippen LogP contribution in [-0.4, -0.2) is 91.0 Å². The molecule has 194 valence electrons. The molecule has 2 atom stereocenters. The van der Waals surface area contributed by atoms with Crippen molar-refractivity contribution < 1.29 is 29.0 Å². The summed E-state index contributed by atoms with van der Waals surface area (Å²) >= 11 is 0. The fraction of sp³-hybridized carbons (Fsp3) is 0.385. The molecule has 2 fully saturated rings. The van der Waals surface area contributed by atoms with Gasteiger partial charge < -0.3 is 24.7 Å². The zero-order valence-corrected chi connectivity index (χ0v) is 20.3. The normalized spacial score (nSPS) is 21.8. The summed E-state index contributed by atoms with van der Waals surface area (Å²) in [5.74, 6) is 0. The highest BCUT2D eigenvalue weighted by atomic mass is 16.6. The van der Waals surface area contributed by atoms with E-state index >= 15 is 0 Å². The largest absolute Gasteiger partial charge is 0.465 e. The van der Waals surface area contributed by atoms with E-state index in [0.717, 1.165) is 60.9 Å². The van der Waals surface area contributed by atoms with Crippen molar-refractivity contribution >= 4 is 29.7 Å². The maximum absolute atomic E-state index is 12.4. The Morgan fingerprint density at radius 3 is 2.73 bits per heavy atom. The standard InChI is InChI=1S/C26H29N5O6/c1-2-17-11-18(4-6-24(17)31-16-21(36-26(31)34)14-28-25(32)33)19-3-5-22(27-13-19)23-12-20(37-29-23)15-30-7-9-35-10-8-30/h2-6,11,13,20-21,28H,1,7-10,12,14-16H2,(H,32,33). The van der Waals surface area contributed by atoms with Crippen LogP contribution in [0.3, 0.4) is 0 Å². The smallest absolute Gasteiger partial charge is 0.414 e. The van der Waals surface area contributed by atoms with Crippen molar-refractivity contribution in [2.45, 2.75) is 18.6 Å². The van der Waals surface area contributed by atoms with Crippen LogP contribution in [-0.2, 0) is 14.3 Å². The molecule has 2 aromatic rings. The molecule has 1 aromatic carbocycles. The van der Waals surface area contributed by atoms with Gasteiger partial charge >= 0.3 is 12.2 Å². The van der Waals surface area contributed by atoms with E-state index < -0.39 is 18.3 Å². The first-order valence-corrected chi connectivity index (χ1v) is 12.2. The van der Waals surface area contributed by atoms with Gasteiger partial charge in [0.15, 0.2) is 0 Å². The van der Waals surface area contributed by atoms with Crippen molar-refractivity contribution in [1.29, 1.82) is 0 Å². The number of hydrogen-bond donors (Lipinski definition) is 2. The number of ether oxygens (including phenoxy) is 2. The molecule has 4 heterocycles. The van der Waals surface area contributed by atoms with Crippen LogP contribution in [0.1, 0.15) is 17.7 Å². The number of oxime groups is 1. The lowest BCUT2D eigenvalue weighted by atomic mass is 10.0. The van der Waals surface area contributed by atoms with E-state index in [0.29, 0.717) is 12.1 Å². The lowest BCUT2D eigenvalue weighted by molar-refractivity contribution is -0.0000407. The molecule has 2 amide bonds. The number of cyclic esters (lactones) is 1. The first kappa shape index (κ1) is 24.7. The van der Waals surface area contributed by atoms with E-state index in [4.69, 9.17) is 19.4 Å². The first-order chi connectivity index (χ1) is 18.0. The zero-order valence-electron chi connectivity index (χ0n) is 20.3. The average molecular weight is 508 g/mol. The van der Waals surface area contributed by atoms with Crippen molar-refractivity contribution in [2.75, 3.05) is 50.8 Å². The monoisotopic (exact) mass is 507 g/mol. The molecular weight excluding hydrogens is 478 g/mol. The van der Waals surface area contributed by atoms with Crippen LogP contribution in [0, 0.1) is 0 Å². The Hall–Kier alpha value is -3.96. The number of pyridine rings is 1. The van der Waals surface area contributed by atoms with Crippen molar-refractivity contribution in [1.82, 2.24) is 15.2 Å². The number of benzene rings is 1. The van der Waals surface area contributed by atoms with E-state index in [1.54, 1.807) is 12.3 Å². The number of nitrogens with zero attached hydrogens (tertiary/aromatic N) is 4. The molecule has 0 aliphatic carbocycles. The Morgan fingerprint density at radius 2 is 2.00 bits per heavy atom. The van der Waals surface area contributed by atoms with Gasteiger partial charge in [0.05, 0.1) is 37.7 Å². The highest BCUT2D eigenvalue weighted by Crippen LogP contribution is 2.31. The summed E-state index contributed by atoms with van der Waals surface area (Å²) in [6, 6.07) is 9.60. The van der Waals surface area contributed by atoms with Gasteiger partial charge in [-0.25, -0.2) is 9.59 Å². The fourth-order valence-corrected chi connectivity index (χ4v) is 4.65. The number of nitrogens with one attached hydrogen (secondary N) is 1. The van der Waals surface area contributed by atoms with Crippen LogP contribution < -0.4 is 10.2 Å². The number of carboxylic acid groups (broad SMARTS) is 1. The predicted octanol–water partition coefficient (Wildman–Crippen LogP) is 2.81. The minimum absolute atomic E-state index is 0.0223. The minimum Gasteiger partial charge on any atom is -0.465 e. The van der Waals surface area contributed by atoms with E-state index in [1.165, 1.54) is 4.90 Å². The number of rotatable bonds is 8. The van der Waals surface area contributed by atoms with Crippen LogP contribution >= 0.6 is 0 Å². The molecule has 37 heavy (non-hydrogen) atoms. The quantitative estimate of drug-likeness (QED) is 0.559. The third-order valence-corrected chi connectivity index (χ3v) is 6.58. The topological polar surface area (TPSA) is 126 Å². The average Bonchev–Trinajstić information content (AvgIpc) is 3.54. The second-order valence-corrected chi connectivity index (χ2v) is 9.09. The number of aromatic nitrogens is 1. The summed E-state index contributed by atoms with van der Waals surface area (Å²) in [4.78, 5) is 37.2. The van der Waals surface area contributed by atoms with E-state index in [9.17, 15) is 9.59 Å². The molecular formula is C26H29N5O6. The second kappa shape index (κ2) is 11.0. The molecule has 5 rings (SSSR count). The van der Waals surface area contributed by atoms with Gasteiger partial charge in [0.2, 0.25) is 0 Å². The van der Waals surface area contributed by atoms with Gasteiger partial charge in [0.25, 0.3) is 0 Å². The first-order valence-electron chi connectivity index (χ1n) is 12.2. The Labute approximate surface area is 214 Å². The number of morpholine rings is 1. The van der Waals surface area contributed by atoms with Gasteiger partial charge in [0.1, 0.15) is 17.9 Å². The summed E-state index contributed by atoms with van der Waals surface area (Å²) in [5, 5.41) is 15.3. The third-order valence-electron chi connectivity index (χ3n) is 6.58. The van der Waals surface area contributed by atoms with Gasteiger partial charge in [-0.15, -0.1) is 0 Å². The predicted molar refractivity (Wildman–Crippen MR) is 137 cm³/mol. The molecule has 1 aromatic heterocycles. The molecule has 2 saturated heterocycles. The molecule has 0 radical (unpaired) electrons. The highest BCUT2D eigenvalue weighted by Gasteiger charge is 2.33. The summed E-state index contributed by atoms with van der Waals surface area (Å²) in [7, 11) is 0. The van der Waals surface area contributed by atoms with E-state index in [-0.39, 0.29) is 19.2 Å². The molecule has 11 heteroatoms. The van der Waals surface area contributed by atoms with Crippen LogP contribution in [0.2, 0.25) is 0 Å². The van der Waals surface area contributed by atoms with Crippen molar-refractivity contribution in [3.63, 3.8) is 0 Å². The molecule has 0 bridgehead atoms. The maximum Gasteiger partial charge on any atom is 0.414 e. The van der Waals surface area contributed by atoms with Crippen molar-refractivity contribution in [3.05, 3.63) is 54.4 Å². The van der Waals surface area contributed by atoms with E-state index in [1.807, 2.05) is 30.3 Å². The SMILES string of the molecule is C=Cc1cc(-c2ccc(C3=NOC(CN4CCOCC4)C3)nc2)ccc1N1CC(CNC(=O)O)OC1=O. The highest BCUT2D eigenvalue weighted by molar-refractivity contribution is 6.00. The number of carbonyl (C=O) groups excluding carboxylic acids is 1. The number of anilines is 1. The molecule has 3 aliphatic rings. The maximum atomic E-state index is 12.4. The molecule has 2 N–H and O–H groups in total. The Bertz CT molecular complexity index is 1190. The third kappa shape index (κ3) is 5.73. The molecule has 2 unspecified atom stereocenters.